The second-order valence-electron chi connectivity index (χ2n) is 4.54. The lowest BCUT2D eigenvalue weighted by Gasteiger charge is -2.11. The molecular weight excluding hydrogens is 304 g/mol. The molecule has 108 valence electrons. The maximum atomic E-state index is 6.00. The second kappa shape index (κ2) is 6.33. The Labute approximate surface area is 132 Å². The Morgan fingerprint density at radius 2 is 2.10 bits per heavy atom. The number of alkyl halides is 1. The lowest BCUT2D eigenvalue weighted by Crippen LogP contribution is -1.97. The Bertz CT molecular complexity index is 757. The van der Waals surface area contributed by atoms with E-state index >= 15 is 0 Å². The van der Waals surface area contributed by atoms with E-state index < -0.39 is 0 Å². The van der Waals surface area contributed by atoms with Crippen LogP contribution in [0, 0.1) is 0 Å². The summed E-state index contributed by atoms with van der Waals surface area (Å²) in [5.41, 5.74) is 2.98. The van der Waals surface area contributed by atoms with E-state index in [0.717, 1.165) is 32.9 Å². The van der Waals surface area contributed by atoms with E-state index in [1.807, 2.05) is 43.3 Å². The smallest absolute Gasteiger partial charge is 0.123 e. The Hall–Kier alpha value is -1.78. The normalized spacial score (nSPS) is 10.8. The van der Waals surface area contributed by atoms with E-state index in [1.165, 1.54) is 11.5 Å². The molecule has 0 aliphatic heterocycles. The zero-order valence-corrected chi connectivity index (χ0v) is 13.2. The molecule has 0 atom stereocenters. The molecule has 0 fully saturated rings. The van der Waals surface area contributed by atoms with Crippen molar-refractivity contribution < 1.29 is 4.74 Å². The lowest BCUT2D eigenvalue weighted by atomic mass is 10.2. The zero-order chi connectivity index (χ0) is 14.7. The number of hydrogen-bond donors (Lipinski definition) is 1. The summed E-state index contributed by atoms with van der Waals surface area (Å²) >= 11 is 7.46. The van der Waals surface area contributed by atoms with E-state index in [9.17, 15) is 0 Å². The summed E-state index contributed by atoms with van der Waals surface area (Å²) in [7, 11) is 0. The Kier molecular flexibility index (Phi) is 4.27. The van der Waals surface area contributed by atoms with Gasteiger partial charge in [0, 0.05) is 16.6 Å². The topological polar surface area (TPSA) is 34.1 Å². The van der Waals surface area contributed by atoms with Gasteiger partial charge in [0.1, 0.15) is 10.8 Å². The van der Waals surface area contributed by atoms with Crippen LogP contribution < -0.4 is 10.1 Å². The fourth-order valence-corrected chi connectivity index (χ4v) is 3.16. The van der Waals surface area contributed by atoms with E-state index in [0.29, 0.717) is 12.5 Å². The van der Waals surface area contributed by atoms with E-state index in [-0.39, 0.29) is 0 Å². The molecule has 0 saturated carbocycles. The molecular formula is C16H15ClN2OS. The van der Waals surface area contributed by atoms with Gasteiger partial charge in [-0.25, -0.2) is 0 Å². The Morgan fingerprint density at radius 1 is 1.24 bits per heavy atom. The highest BCUT2D eigenvalue weighted by atomic mass is 35.5. The summed E-state index contributed by atoms with van der Waals surface area (Å²) in [4.78, 5) is 0. The van der Waals surface area contributed by atoms with E-state index in [4.69, 9.17) is 16.3 Å². The first-order valence-corrected chi connectivity index (χ1v) is 8.05. The number of benzene rings is 2. The number of ether oxygens (including phenoxy) is 1. The average Bonchev–Trinajstić information content (AvgIpc) is 2.92. The van der Waals surface area contributed by atoms with Crippen molar-refractivity contribution in [3.05, 3.63) is 48.0 Å². The maximum absolute atomic E-state index is 6.00. The monoisotopic (exact) mass is 318 g/mol. The molecule has 1 N–H and O–H groups in total. The highest BCUT2D eigenvalue weighted by Gasteiger charge is 2.08. The van der Waals surface area contributed by atoms with Crippen molar-refractivity contribution in [1.29, 1.82) is 0 Å². The van der Waals surface area contributed by atoms with Gasteiger partial charge >= 0.3 is 0 Å². The van der Waals surface area contributed by atoms with Gasteiger partial charge in [-0.2, -0.15) is 4.37 Å². The van der Waals surface area contributed by atoms with Crippen LogP contribution in [0.4, 0.5) is 10.7 Å². The molecule has 5 heteroatoms. The fraction of sp³-hybridized carbons (Fsp3) is 0.188. The van der Waals surface area contributed by atoms with Crippen LogP contribution in [-0.2, 0) is 5.88 Å². The molecule has 1 heterocycles. The Balaban J connectivity index is 1.91. The molecule has 0 aliphatic rings. The molecule has 3 nitrogen and oxygen atoms in total. The standard InChI is InChI=1S/C16H15ClN2OS/c1-2-20-15-8-7-12(9-11(15)10-17)18-16-13-5-3-4-6-14(13)19-21-16/h3-9,18H,2,10H2,1H3. The number of nitrogens with zero attached hydrogens (tertiary/aromatic N) is 1. The van der Waals surface area contributed by atoms with E-state index in [2.05, 4.69) is 15.8 Å². The third-order valence-corrected chi connectivity index (χ3v) is 4.23. The predicted molar refractivity (Wildman–Crippen MR) is 90.1 cm³/mol. The van der Waals surface area contributed by atoms with Crippen molar-refractivity contribution in [3.8, 4) is 5.75 Å². The molecule has 2 aromatic carbocycles. The summed E-state index contributed by atoms with van der Waals surface area (Å²) in [6.07, 6.45) is 0. The largest absolute Gasteiger partial charge is 0.494 e. The quantitative estimate of drug-likeness (QED) is 0.658. The first-order chi connectivity index (χ1) is 10.3. The molecule has 0 unspecified atom stereocenters. The lowest BCUT2D eigenvalue weighted by molar-refractivity contribution is 0.337. The van der Waals surface area contributed by atoms with E-state index in [1.54, 1.807) is 0 Å². The molecule has 21 heavy (non-hydrogen) atoms. The van der Waals surface area contributed by atoms with Gasteiger partial charge in [0.15, 0.2) is 0 Å². The summed E-state index contributed by atoms with van der Waals surface area (Å²) < 4.78 is 10.00. The molecule has 0 aliphatic carbocycles. The highest BCUT2D eigenvalue weighted by molar-refractivity contribution is 7.11. The Morgan fingerprint density at radius 3 is 2.90 bits per heavy atom. The SMILES string of the molecule is CCOc1ccc(Nc2snc3ccccc23)cc1CCl. The maximum Gasteiger partial charge on any atom is 0.123 e. The van der Waals surface area contributed by atoms with Crippen LogP contribution in [-0.4, -0.2) is 11.0 Å². The van der Waals surface area contributed by atoms with Gasteiger partial charge in [-0.15, -0.1) is 11.6 Å². The van der Waals surface area contributed by atoms with Crippen molar-refractivity contribution in [2.24, 2.45) is 0 Å². The summed E-state index contributed by atoms with van der Waals surface area (Å²) in [5, 5.41) is 5.58. The third-order valence-electron chi connectivity index (χ3n) is 3.15. The van der Waals surface area contributed by atoms with Gasteiger partial charge in [-0.05, 0) is 48.8 Å². The van der Waals surface area contributed by atoms with Crippen LogP contribution in [0.2, 0.25) is 0 Å². The predicted octanol–water partition coefficient (Wildman–Crippen LogP) is 5.18. The summed E-state index contributed by atoms with van der Waals surface area (Å²) in [6, 6.07) is 14.1. The summed E-state index contributed by atoms with van der Waals surface area (Å²) in [6.45, 7) is 2.60. The highest BCUT2D eigenvalue weighted by Crippen LogP contribution is 2.32. The van der Waals surface area contributed by atoms with Crippen molar-refractivity contribution in [2.75, 3.05) is 11.9 Å². The number of rotatable bonds is 5. The minimum Gasteiger partial charge on any atom is -0.494 e. The van der Waals surface area contributed by atoms with Crippen LogP contribution in [0.25, 0.3) is 10.9 Å². The number of hydrogen-bond acceptors (Lipinski definition) is 4. The third kappa shape index (κ3) is 2.96. The van der Waals surface area contributed by atoms with Crippen LogP contribution in [0.1, 0.15) is 12.5 Å². The van der Waals surface area contributed by atoms with Crippen molar-refractivity contribution in [3.63, 3.8) is 0 Å². The number of aromatic nitrogens is 1. The molecule has 0 amide bonds. The number of fused-ring (bicyclic) bond motifs is 1. The van der Waals surface area contributed by atoms with Crippen LogP contribution in [0.15, 0.2) is 42.5 Å². The molecule has 3 aromatic rings. The van der Waals surface area contributed by atoms with Crippen molar-refractivity contribution in [1.82, 2.24) is 4.37 Å². The number of halogens is 1. The molecule has 0 radical (unpaired) electrons. The first-order valence-electron chi connectivity index (χ1n) is 6.75. The molecule has 0 saturated heterocycles. The van der Waals surface area contributed by atoms with Crippen molar-refractivity contribution >= 4 is 44.7 Å². The van der Waals surface area contributed by atoms with Gasteiger partial charge in [0.2, 0.25) is 0 Å². The van der Waals surface area contributed by atoms with Gasteiger partial charge in [-0.3, -0.25) is 0 Å². The zero-order valence-electron chi connectivity index (χ0n) is 11.6. The molecule has 0 bridgehead atoms. The van der Waals surface area contributed by atoms with Crippen LogP contribution in [0.5, 0.6) is 5.75 Å². The van der Waals surface area contributed by atoms with Gasteiger partial charge in [0.25, 0.3) is 0 Å². The fourth-order valence-electron chi connectivity index (χ4n) is 2.17. The first kappa shape index (κ1) is 14.2. The van der Waals surface area contributed by atoms with Gasteiger partial charge < -0.3 is 10.1 Å². The van der Waals surface area contributed by atoms with Gasteiger partial charge in [-0.1, -0.05) is 12.1 Å². The molecule has 3 rings (SSSR count). The second-order valence-corrected chi connectivity index (χ2v) is 5.58. The van der Waals surface area contributed by atoms with Crippen molar-refractivity contribution in [2.45, 2.75) is 12.8 Å². The number of nitrogens with one attached hydrogen (secondary N) is 1. The van der Waals surface area contributed by atoms with Crippen LogP contribution in [0.3, 0.4) is 0 Å². The van der Waals surface area contributed by atoms with Gasteiger partial charge in [0.05, 0.1) is 18.0 Å². The minimum absolute atomic E-state index is 0.425. The minimum atomic E-state index is 0.425. The molecule has 1 aromatic heterocycles. The summed E-state index contributed by atoms with van der Waals surface area (Å²) in [5.74, 6) is 1.26. The molecule has 0 spiro atoms. The number of anilines is 2. The van der Waals surface area contributed by atoms with Crippen LogP contribution >= 0.6 is 23.1 Å². The average molecular weight is 319 g/mol.